The van der Waals surface area contributed by atoms with E-state index in [9.17, 15) is 8.78 Å². The maximum absolute atomic E-state index is 13.8. The minimum atomic E-state index is -0.511. The Morgan fingerprint density at radius 3 is 2.60 bits per heavy atom. The number of nitrogens with one attached hydrogen (secondary N) is 1. The normalized spacial score (nSPS) is 19.2. The molecule has 112 valence electrons. The fraction of sp³-hybridized carbons (Fsp3) is 0.625. The molecular formula is C16H24F2N2. The first kappa shape index (κ1) is 15.4. The quantitative estimate of drug-likeness (QED) is 0.891. The Bertz CT molecular complexity index is 428. The number of halogens is 2. The summed E-state index contributed by atoms with van der Waals surface area (Å²) in [4.78, 5) is 2.29. The molecule has 2 rings (SSSR count). The summed E-state index contributed by atoms with van der Waals surface area (Å²) in [5, 5.41) is 3.39. The molecule has 1 aliphatic rings. The van der Waals surface area contributed by atoms with Gasteiger partial charge in [-0.15, -0.1) is 0 Å². The van der Waals surface area contributed by atoms with Crippen LogP contribution in [0.4, 0.5) is 8.78 Å². The maximum Gasteiger partial charge on any atom is 0.130 e. The third-order valence-electron chi connectivity index (χ3n) is 4.29. The van der Waals surface area contributed by atoms with Gasteiger partial charge < -0.3 is 5.32 Å². The van der Waals surface area contributed by atoms with Gasteiger partial charge in [-0.25, -0.2) is 8.78 Å². The van der Waals surface area contributed by atoms with Crippen LogP contribution in [0.5, 0.6) is 0 Å². The van der Waals surface area contributed by atoms with Crippen molar-refractivity contribution in [3.05, 3.63) is 35.4 Å². The van der Waals surface area contributed by atoms with Gasteiger partial charge >= 0.3 is 0 Å². The second-order valence-electron chi connectivity index (χ2n) is 5.63. The highest BCUT2D eigenvalue weighted by Crippen LogP contribution is 2.28. The summed E-state index contributed by atoms with van der Waals surface area (Å²) in [6.07, 6.45) is 2.28. The SMILES string of the molecule is CCNCC1CCN(C(C)c2ccc(F)cc2F)CC1. The zero-order valence-electron chi connectivity index (χ0n) is 12.3. The first-order valence-electron chi connectivity index (χ1n) is 7.51. The highest BCUT2D eigenvalue weighted by Gasteiger charge is 2.24. The molecule has 1 atom stereocenters. The van der Waals surface area contributed by atoms with Gasteiger partial charge in [-0.2, -0.15) is 0 Å². The number of piperidine rings is 1. The van der Waals surface area contributed by atoms with Gasteiger partial charge in [0.15, 0.2) is 0 Å². The number of hydrogen-bond acceptors (Lipinski definition) is 2. The molecule has 0 radical (unpaired) electrons. The van der Waals surface area contributed by atoms with Crippen molar-refractivity contribution in [3.63, 3.8) is 0 Å². The molecule has 0 aromatic heterocycles. The van der Waals surface area contributed by atoms with Gasteiger partial charge in [-0.3, -0.25) is 4.90 Å². The van der Waals surface area contributed by atoms with E-state index in [1.807, 2.05) is 6.92 Å². The van der Waals surface area contributed by atoms with Gasteiger partial charge in [0.25, 0.3) is 0 Å². The summed E-state index contributed by atoms with van der Waals surface area (Å²) in [5.41, 5.74) is 0.594. The smallest absolute Gasteiger partial charge is 0.130 e. The molecule has 0 aliphatic carbocycles. The van der Waals surface area contributed by atoms with Crippen LogP contribution < -0.4 is 5.32 Å². The van der Waals surface area contributed by atoms with Crippen molar-refractivity contribution in [1.82, 2.24) is 10.2 Å². The van der Waals surface area contributed by atoms with Crippen molar-refractivity contribution in [2.45, 2.75) is 32.7 Å². The van der Waals surface area contributed by atoms with E-state index in [0.717, 1.165) is 51.0 Å². The van der Waals surface area contributed by atoms with Crippen LogP contribution in [0.1, 0.15) is 38.3 Å². The summed E-state index contributed by atoms with van der Waals surface area (Å²) in [6, 6.07) is 3.90. The molecular weight excluding hydrogens is 258 g/mol. The molecule has 20 heavy (non-hydrogen) atoms. The van der Waals surface area contributed by atoms with E-state index in [-0.39, 0.29) is 6.04 Å². The van der Waals surface area contributed by atoms with Crippen LogP contribution in [0.2, 0.25) is 0 Å². The standard InChI is InChI=1S/C16H24F2N2/c1-3-19-11-13-6-8-20(9-7-13)12(2)15-5-4-14(17)10-16(15)18/h4-5,10,12-13,19H,3,6-9,11H2,1-2H3. The topological polar surface area (TPSA) is 15.3 Å². The van der Waals surface area contributed by atoms with Crippen LogP contribution in [0.25, 0.3) is 0 Å². The summed E-state index contributed by atoms with van der Waals surface area (Å²) in [7, 11) is 0. The zero-order valence-corrected chi connectivity index (χ0v) is 12.3. The monoisotopic (exact) mass is 282 g/mol. The number of rotatable bonds is 5. The van der Waals surface area contributed by atoms with E-state index in [0.29, 0.717) is 5.56 Å². The van der Waals surface area contributed by atoms with Crippen LogP contribution in [0, 0.1) is 17.6 Å². The highest BCUT2D eigenvalue weighted by atomic mass is 19.1. The third-order valence-corrected chi connectivity index (χ3v) is 4.29. The minimum absolute atomic E-state index is 0.00989. The second kappa shape index (κ2) is 7.14. The first-order chi connectivity index (χ1) is 9.61. The molecule has 0 amide bonds. The maximum atomic E-state index is 13.8. The summed E-state index contributed by atoms with van der Waals surface area (Å²) >= 11 is 0. The van der Waals surface area contributed by atoms with Crippen LogP contribution >= 0.6 is 0 Å². The average Bonchev–Trinajstić information content (AvgIpc) is 2.45. The van der Waals surface area contributed by atoms with Gasteiger partial charge in [0.1, 0.15) is 11.6 Å². The van der Waals surface area contributed by atoms with Crippen molar-refractivity contribution in [2.75, 3.05) is 26.2 Å². The number of hydrogen-bond donors (Lipinski definition) is 1. The zero-order chi connectivity index (χ0) is 14.5. The van der Waals surface area contributed by atoms with Crippen LogP contribution in [0.3, 0.4) is 0 Å². The van der Waals surface area contributed by atoms with Gasteiger partial charge in [0.05, 0.1) is 0 Å². The fourth-order valence-corrected chi connectivity index (χ4v) is 2.93. The lowest BCUT2D eigenvalue weighted by Crippen LogP contribution is -2.38. The van der Waals surface area contributed by atoms with E-state index in [1.54, 1.807) is 6.07 Å². The van der Waals surface area contributed by atoms with Gasteiger partial charge in [0, 0.05) is 17.7 Å². The van der Waals surface area contributed by atoms with Gasteiger partial charge in [0.2, 0.25) is 0 Å². The van der Waals surface area contributed by atoms with Crippen molar-refractivity contribution in [1.29, 1.82) is 0 Å². The van der Waals surface area contributed by atoms with E-state index in [2.05, 4.69) is 17.1 Å². The van der Waals surface area contributed by atoms with Crippen LogP contribution in [0.15, 0.2) is 18.2 Å². The predicted molar refractivity (Wildman–Crippen MR) is 77.6 cm³/mol. The second-order valence-corrected chi connectivity index (χ2v) is 5.63. The Hall–Kier alpha value is -1.00. The van der Waals surface area contributed by atoms with Crippen LogP contribution in [-0.4, -0.2) is 31.1 Å². The molecule has 0 bridgehead atoms. The molecule has 0 spiro atoms. The first-order valence-corrected chi connectivity index (χ1v) is 7.51. The van der Waals surface area contributed by atoms with Crippen molar-refractivity contribution >= 4 is 0 Å². The summed E-state index contributed by atoms with van der Waals surface area (Å²) in [5.74, 6) is -0.230. The molecule has 1 aliphatic heterocycles. The number of benzene rings is 1. The fourth-order valence-electron chi connectivity index (χ4n) is 2.93. The Kier molecular flexibility index (Phi) is 5.49. The summed E-state index contributed by atoms with van der Waals surface area (Å²) in [6.45, 7) is 8.17. The lowest BCUT2D eigenvalue weighted by molar-refractivity contribution is 0.138. The molecule has 2 nitrogen and oxygen atoms in total. The Morgan fingerprint density at radius 2 is 2.00 bits per heavy atom. The lowest BCUT2D eigenvalue weighted by Gasteiger charge is -2.36. The Balaban J connectivity index is 1.92. The van der Waals surface area contributed by atoms with Gasteiger partial charge in [-0.1, -0.05) is 13.0 Å². The number of nitrogens with zero attached hydrogens (tertiary/aromatic N) is 1. The Labute approximate surface area is 120 Å². The average molecular weight is 282 g/mol. The van der Waals surface area contributed by atoms with Crippen LogP contribution in [-0.2, 0) is 0 Å². The third kappa shape index (κ3) is 3.76. The minimum Gasteiger partial charge on any atom is -0.317 e. The van der Waals surface area contributed by atoms with E-state index < -0.39 is 11.6 Å². The van der Waals surface area contributed by atoms with E-state index in [4.69, 9.17) is 0 Å². The largest absolute Gasteiger partial charge is 0.317 e. The molecule has 1 aromatic rings. The number of likely N-dealkylation sites (tertiary alicyclic amines) is 1. The molecule has 1 N–H and O–H groups in total. The lowest BCUT2D eigenvalue weighted by atomic mass is 9.94. The molecule has 1 aromatic carbocycles. The molecule has 4 heteroatoms. The van der Waals surface area contributed by atoms with Gasteiger partial charge in [-0.05, 0) is 57.9 Å². The van der Waals surface area contributed by atoms with Crippen molar-refractivity contribution in [2.24, 2.45) is 5.92 Å². The van der Waals surface area contributed by atoms with E-state index in [1.165, 1.54) is 6.07 Å². The summed E-state index contributed by atoms with van der Waals surface area (Å²) < 4.78 is 26.8. The van der Waals surface area contributed by atoms with Crippen molar-refractivity contribution in [3.8, 4) is 0 Å². The molecule has 1 saturated heterocycles. The molecule has 0 saturated carbocycles. The molecule has 1 heterocycles. The van der Waals surface area contributed by atoms with E-state index >= 15 is 0 Å². The molecule has 1 unspecified atom stereocenters. The Morgan fingerprint density at radius 1 is 1.30 bits per heavy atom. The van der Waals surface area contributed by atoms with Crippen molar-refractivity contribution < 1.29 is 8.78 Å². The predicted octanol–water partition coefficient (Wildman–Crippen LogP) is 3.35. The highest BCUT2D eigenvalue weighted by molar-refractivity contribution is 5.21. The molecule has 1 fully saturated rings.